The monoisotopic (exact) mass is 217 g/mol. The summed E-state index contributed by atoms with van der Waals surface area (Å²) in [5, 5.41) is 0. The average Bonchev–Trinajstić information content (AvgIpc) is 2.24. The minimum absolute atomic E-state index is 0.751. The van der Waals surface area contributed by atoms with Crippen LogP contribution in [0.1, 0.15) is 13.3 Å². The third-order valence-electron chi connectivity index (χ3n) is 2.58. The summed E-state index contributed by atoms with van der Waals surface area (Å²) in [5.41, 5.74) is 5.54. The van der Waals surface area contributed by atoms with E-state index in [0.29, 0.717) is 0 Å². The maximum Gasteiger partial charge on any atom is 0.0474 e. The Labute approximate surface area is 94.4 Å². The first kappa shape index (κ1) is 14.8. The Morgan fingerprint density at radius 2 is 1.87 bits per heavy atom. The van der Waals surface area contributed by atoms with E-state index in [2.05, 4.69) is 23.8 Å². The fourth-order valence-electron chi connectivity index (χ4n) is 1.51. The Bertz CT molecular complexity index is 133. The molecule has 0 unspecified atom stereocenters. The smallest absolute Gasteiger partial charge is 0.0474 e. The molecule has 0 radical (unpaired) electrons. The van der Waals surface area contributed by atoms with Crippen molar-refractivity contribution in [3.63, 3.8) is 0 Å². The van der Waals surface area contributed by atoms with E-state index >= 15 is 0 Å². The van der Waals surface area contributed by atoms with Gasteiger partial charge in [0.15, 0.2) is 0 Å². The topological polar surface area (TPSA) is 41.7 Å². The second kappa shape index (κ2) is 10.4. The van der Waals surface area contributed by atoms with Crippen molar-refractivity contribution in [1.29, 1.82) is 0 Å². The minimum atomic E-state index is 0.751. The Hall–Kier alpha value is -0.160. The molecule has 0 saturated carbocycles. The van der Waals surface area contributed by atoms with E-state index in [0.717, 1.165) is 52.3 Å². The second-order valence-electron chi connectivity index (χ2n) is 3.87. The van der Waals surface area contributed by atoms with Gasteiger partial charge in [0.2, 0.25) is 0 Å². The molecular formula is C11H27N3O. The molecule has 4 heteroatoms. The van der Waals surface area contributed by atoms with Crippen molar-refractivity contribution in [2.75, 3.05) is 60.0 Å². The second-order valence-corrected chi connectivity index (χ2v) is 3.87. The van der Waals surface area contributed by atoms with Gasteiger partial charge in [-0.15, -0.1) is 0 Å². The molecule has 15 heavy (non-hydrogen) atoms. The van der Waals surface area contributed by atoms with Crippen LogP contribution in [0.5, 0.6) is 0 Å². The zero-order valence-electron chi connectivity index (χ0n) is 10.5. The fraction of sp³-hybridized carbons (Fsp3) is 1.00. The number of nitrogens with zero attached hydrogens (tertiary/aromatic N) is 2. The number of likely N-dealkylation sites (N-methyl/N-ethyl adjacent to an activating group) is 2. The maximum atomic E-state index is 5.54. The van der Waals surface area contributed by atoms with Gasteiger partial charge < -0.3 is 20.3 Å². The van der Waals surface area contributed by atoms with Crippen LogP contribution in [0.25, 0.3) is 0 Å². The van der Waals surface area contributed by atoms with Crippen LogP contribution in [-0.2, 0) is 4.74 Å². The fourth-order valence-corrected chi connectivity index (χ4v) is 1.51. The van der Waals surface area contributed by atoms with Crippen molar-refractivity contribution in [2.45, 2.75) is 13.3 Å². The lowest BCUT2D eigenvalue weighted by atomic mass is 10.4. The molecule has 0 aliphatic heterocycles. The SMILES string of the molecule is CCN(CCN)CCN(C)CCCOC. The molecule has 4 nitrogen and oxygen atoms in total. The average molecular weight is 217 g/mol. The lowest BCUT2D eigenvalue weighted by molar-refractivity contribution is 0.173. The molecule has 92 valence electrons. The standard InChI is InChI=1S/C11H27N3O/c1-4-14(8-6-12)10-9-13(2)7-5-11-15-3/h4-12H2,1-3H3. The van der Waals surface area contributed by atoms with Crippen LogP contribution in [-0.4, -0.2) is 69.8 Å². The molecule has 2 N–H and O–H groups in total. The molecule has 0 saturated heterocycles. The van der Waals surface area contributed by atoms with Crippen LogP contribution in [0.4, 0.5) is 0 Å². The van der Waals surface area contributed by atoms with Gasteiger partial charge in [-0.05, 0) is 20.0 Å². The Morgan fingerprint density at radius 1 is 1.13 bits per heavy atom. The number of hydrogen-bond donors (Lipinski definition) is 1. The molecule has 0 aromatic rings. The van der Waals surface area contributed by atoms with Gasteiger partial charge in [-0.25, -0.2) is 0 Å². The van der Waals surface area contributed by atoms with Crippen LogP contribution >= 0.6 is 0 Å². The van der Waals surface area contributed by atoms with Gasteiger partial charge in [-0.3, -0.25) is 0 Å². The molecule has 0 amide bonds. The summed E-state index contributed by atoms with van der Waals surface area (Å²) in [4.78, 5) is 4.73. The van der Waals surface area contributed by atoms with Gasteiger partial charge in [0.05, 0.1) is 0 Å². The van der Waals surface area contributed by atoms with Crippen molar-refractivity contribution < 1.29 is 4.74 Å². The molecule has 0 bridgehead atoms. The summed E-state index contributed by atoms with van der Waals surface area (Å²) in [5.74, 6) is 0. The van der Waals surface area contributed by atoms with Crippen LogP contribution in [0.3, 0.4) is 0 Å². The molecular weight excluding hydrogens is 190 g/mol. The number of hydrogen-bond acceptors (Lipinski definition) is 4. The third kappa shape index (κ3) is 8.81. The number of nitrogens with two attached hydrogens (primary N) is 1. The van der Waals surface area contributed by atoms with Crippen LogP contribution in [0.15, 0.2) is 0 Å². The molecule has 0 aromatic carbocycles. The third-order valence-corrected chi connectivity index (χ3v) is 2.58. The summed E-state index contributed by atoms with van der Waals surface area (Å²) in [7, 11) is 3.91. The summed E-state index contributed by atoms with van der Waals surface area (Å²) in [6.07, 6.45) is 1.11. The predicted octanol–water partition coefficient (Wildman–Crippen LogP) is 0.235. The first-order chi connectivity index (χ1) is 7.24. The Morgan fingerprint density at radius 3 is 2.40 bits per heavy atom. The molecule has 0 aromatic heterocycles. The summed E-state index contributed by atoms with van der Waals surface area (Å²) >= 11 is 0. The Kier molecular flexibility index (Phi) is 10.3. The molecule has 0 rings (SSSR count). The van der Waals surface area contributed by atoms with Crippen molar-refractivity contribution in [2.24, 2.45) is 5.73 Å². The van der Waals surface area contributed by atoms with Crippen molar-refractivity contribution in [3.8, 4) is 0 Å². The lowest BCUT2D eigenvalue weighted by Crippen LogP contribution is -2.36. The number of rotatable bonds is 10. The minimum Gasteiger partial charge on any atom is -0.385 e. The maximum absolute atomic E-state index is 5.54. The molecule has 0 fully saturated rings. The Balaban J connectivity index is 3.45. The van der Waals surface area contributed by atoms with Crippen molar-refractivity contribution in [3.05, 3.63) is 0 Å². The van der Waals surface area contributed by atoms with Crippen LogP contribution in [0, 0.1) is 0 Å². The number of methoxy groups -OCH3 is 1. The van der Waals surface area contributed by atoms with Gasteiger partial charge in [-0.1, -0.05) is 6.92 Å². The lowest BCUT2D eigenvalue weighted by Gasteiger charge is -2.23. The van der Waals surface area contributed by atoms with Gasteiger partial charge in [-0.2, -0.15) is 0 Å². The highest BCUT2D eigenvalue weighted by Gasteiger charge is 2.03. The first-order valence-corrected chi connectivity index (χ1v) is 5.84. The van der Waals surface area contributed by atoms with E-state index in [9.17, 15) is 0 Å². The summed E-state index contributed by atoms with van der Waals surface area (Å²) in [6.45, 7) is 9.20. The zero-order chi connectivity index (χ0) is 11.5. The van der Waals surface area contributed by atoms with E-state index in [-0.39, 0.29) is 0 Å². The van der Waals surface area contributed by atoms with Crippen molar-refractivity contribution >= 4 is 0 Å². The number of ether oxygens (including phenoxy) is 1. The van der Waals surface area contributed by atoms with Gasteiger partial charge in [0, 0.05) is 46.4 Å². The van der Waals surface area contributed by atoms with E-state index in [1.807, 2.05) is 0 Å². The van der Waals surface area contributed by atoms with Crippen LogP contribution in [0.2, 0.25) is 0 Å². The van der Waals surface area contributed by atoms with Gasteiger partial charge >= 0.3 is 0 Å². The summed E-state index contributed by atoms with van der Waals surface area (Å²) in [6, 6.07) is 0. The normalized spacial score (nSPS) is 11.6. The first-order valence-electron chi connectivity index (χ1n) is 5.84. The van der Waals surface area contributed by atoms with E-state index < -0.39 is 0 Å². The van der Waals surface area contributed by atoms with E-state index in [4.69, 9.17) is 10.5 Å². The highest BCUT2D eigenvalue weighted by atomic mass is 16.5. The van der Waals surface area contributed by atoms with Crippen LogP contribution < -0.4 is 5.73 Å². The quantitative estimate of drug-likeness (QED) is 0.532. The zero-order valence-corrected chi connectivity index (χ0v) is 10.5. The van der Waals surface area contributed by atoms with Gasteiger partial charge in [0.1, 0.15) is 0 Å². The summed E-state index contributed by atoms with van der Waals surface area (Å²) < 4.78 is 5.02. The molecule has 0 aliphatic rings. The highest BCUT2D eigenvalue weighted by molar-refractivity contribution is 4.59. The van der Waals surface area contributed by atoms with E-state index in [1.54, 1.807) is 7.11 Å². The molecule has 0 heterocycles. The van der Waals surface area contributed by atoms with Gasteiger partial charge in [0.25, 0.3) is 0 Å². The molecule has 0 spiro atoms. The van der Waals surface area contributed by atoms with Crippen molar-refractivity contribution in [1.82, 2.24) is 9.80 Å². The highest BCUT2D eigenvalue weighted by Crippen LogP contribution is 1.91. The molecule has 0 atom stereocenters. The predicted molar refractivity (Wildman–Crippen MR) is 65.2 cm³/mol. The largest absolute Gasteiger partial charge is 0.385 e. The van der Waals surface area contributed by atoms with E-state index in [1.165, 1.54) is 0 Å². The molecule has 0 aliphatic carbocycles.